The Labute approximate surface area is 480 Å². The van der Waals surface area contributed by atoms with Gasteiger partial charge in [0.25, 0.3) is 7.82 Å². The van der Waals surface area contributed by atoms with E-state index >= 15 is 0 Å². The van der Waals surface area contributed by atoms with Crippen LogP contribution in [0, 0.1) is 0 Å². The highest BCUT2D eigenvalue weighted by atomic mass is 31.2. The molecule has 0 aromatic carbocycles. The summed E-state index contributed by atoms with van der Waals surface area (Å²) < 4.78 is 23.3. The average Bonchev–Trinajstić information content (AvgIpc) is 3.41. The minimum absolute atomic E-state index is 0.0234. The van der Waals surface area contributed by atoms with E-state index in [2.05, 4.69) is 165 Å². The van der Waals surface area contributed by atoms with E-state index in [-0.39, 0.29) is 18.9 Å². The van der Waals surface area contributed by atoms with Crippen molar-refractivity contribution < 1.29 is 32.9 Å². The summed E-state index contributed by atoms with van der Waals surface area (Å²) in [5.41, 5.74) is 0. The van der Waals surface area contributed by atoms with Crippen molar-refractivity contribution in [2.24, 2.45) is 0 Å². The van der Waals surface area contributed by atoms with Crippen LogP contribution in [0.2, 0.25) is 0 Å². The molecule has 1 amide bonds. The molecule has 9 heteroatoms. The lowest BCUT2D eigenvalue weighted by atomic mass is 10.1. The molecule has 0 radical (unpaired) electrons. The van der Waals surface area contributed by atoms with Crippen LogP contribution in [0.5, 0.6) is 0 Å². The molecule has 0 aliphatic rings. The van der Waals surface area contributed by atoms with Gasteiger partial charge in [-0.1, -0.05) is 249 Å². The lowest BCUT2D eigenvalue weighted by Gasteiger charge is -2.29. The Balaban J connectivity index is 4.34. The smallest absolute Gasteiger partial charge is 0.268 e. The summed E-state index contributed by atoms with van der Waals surface area (Å²) in [5, 5.41) is 13.9. The topological polar surface area (TPSA) is 108 Å². The van der Waals surface area contributed by atoms with Gasteiger partial charge in [-0.05, 0) is 122 Å². The molecule has 78 heavy (non-hydrogen) atoms. The molecule has 0 aliphatic carbocycles. The summed E-state index contributed by atoms with van der Waals surface area (Å²) in [7, 11) is 1.19. The standard InChI is InChI=1S/C69H115N2O6P/c1-6-8-10-12-14-16-18-20-22-24-26-28-29-30-31-32-33-34-35-36-37-38-39-40-41-43-45-47-49-51-53-55-57-59-61-63-69(73)70-67(66-77-78(74,75)76-65-64-71(3,4)5)68(72)62-60-58-56-54-52-50-48-46-44-42-27-25-23-21-19-17-15-13-11-9-7-2/h8,10,14,16,20,22,26,28,30-31,33-34,36-37,39-40,43-46,49,51-52,54,60,62,67-68,72H,6-7,9,11-13,15,17-19,21,23-25,27,29,32,35,38,41-42,47-48,50,53,55-59,61,63-66H2,1-5H3,(H-,70,73,74,75)/b10-8-,16-14-,22-20-,28-26-,31-30-,34-33-,37-36-,40-39-,45-43-,46-44+,51-49-,54-52+,62-60+. The molecule has 0 aromatic heterocycles. The number of amides is 1. The summed E-state index contributed by atoms with van der Waals surface area (Å²) in [6.45, 7) is 4.47. The molecule has 0 bridgehead atoms. The van der Waals surface area contributed by atoms with Crippen molar-refractivity contribution in [3.63, 3.8) is 0 Å². The molecular formula is C69H115N2O6P. The third kappa shape index (κ3) is 59.8. The second-order valence-electron chi connectivity index (χ2n) is 21.3. The number of aliphatic hydroxyl groups excluding tert-OH is 1. The van der Waals surface area contributed by atoms with Gasteiger partial charge in [-0.2, -0.15) is 0 Å². The zero-order valence-corrected chi connectivity index (χ0v) is 51.2. The summed E-state index contributed by atoms with van der Waals surface area (Å²) in [4.78, 5) is 25.5. The number of phosphoric acid groups is 1. The molecule has 0 spiro atoms. The number of hydrogen-bond donors (Lipinski definition) is 2. The number of carbonyl (C=O) groups is 1. The third-order valence-electron chi connectivity index (χ3n) is 12.7. The second kappa shape index (κ2) is 57.8. The van der Waals surface area contributed by atoms with Gasteiger partial charge in [0.05, 0.1) is 39.9 Å². The largest absolute Gasteiger partial charge is 0.756 e. The molecule has 0 fully saturated rings. The lowest BCUT2D eigenvalue weighted by Crippen LogP contribution is -2.45. The molecule has 0 saturated carbocycles. The van der Waals surface area contributed by atoms with E-state index in [1.807, 2.05) is 27.2 Å². The van der Waals surface area contributed by atoms with Crippen molar-refractivity contribution >= 4 is 13.7 Å². The molecule has 2 N–H and O–H groups in total. The lowest BCUT2D eigenvalue weighted by molar-refractivity contribution is -0.870. The molecule has 3 unspecified atom stereocenters. The van der Waals surface area contributed by atoms with E-state index < -0.39 is 26.6 Å². The number of nitrogens with zero attached hydrogens (tertiary/aromatic N) is 1. The maximum absolute atomic E-state index is 13.0. The predicted molar refractivity (Wildman–Crippen MR) is 338 cm³/mol. The van der Waals surface area contributed by atoms with Crippen LogP contribution in [0.4, 0.5) is 0 Å². The van der Waals surface area contributed by atoms with Gasteiger partial charge in [-0.3, -0.25) is 9.36 Å². The maximum atomic E-state index is 13.0. The van der Waals surface area contributed by atoms with Crippen molar-refractivity contribution in [1.82, 2.24) is 5.32 Å². The van der Waals surface area contributed by atoms with Gasteiger partial charge in [0, 0.05) is 6.42 Å². The number of hydrogen-bond acceptors (Lipinski definition) is 6. The first-order chi connectivity index (χ1) is 38.0. The molecule has 442 valence electrons. The van der Waals surface area contributed by atoms with Gasteiger partial charge in [0.1, 0.15) is 13.2 Å². The Morgan fingerprint density at radius 1 is 0.462 bits per heavy atom. The van der Waals surface area contributed by atoms with Gasteiger partial charge in [0.15, 0.2) is 0 Å². The third-order valence-corrected chi connectivity index (χ3v) is 13.7. The second-order valence-corrected chi connectivity index (χ2v) is 22.7. The number of phosphoric ester groups is 1. The number of unbranched alkanes of at least 4 members (excludes halogenated alkanes) is 17. The van der Waals surface area contributed by atoms with Crippen LogP contribution in [-0.2, 0) is 18.4 Å². The maximum Gasteiger partial charge on any atom is 0.268 e. The van der Waals surface area contributed by atoms with E-state index in [1.165, 1.54) is 77.0 Å². The van der Waals surface area contributed by atoms with Crippen molar-refractivity contribution in [2.75, 3.05) is 40.9 Å². The van der Waals surface area contributed by atoms with Crippen LogP contribution >= 0.6 is 7.82 Å². The zero-order chi connectivity index (χ0) is 57.0. The quantitative estimate of drug-likeness (QED) is 0.0272. The Morgan fingerprint density at radius 3 is 1.19 bits per heavy atom. The van der Waals surface area contributed by atoms with Gasteiger partial charge < -0.3 is 28.8 Å². The summed E-state index contributed by atoms with van der Waals surface area (Å²) in [6, 6.07) is -0.937. The average molecular weight is 1100 g/mol. The van der Waals surface area contributed by atoms with Gasteiger partial charge in [0.2, 0.25) is 5.91 Å². The first-order valence-corrected chi connectivity index (χ1v) is 32.3. The van der Waals surface area contributed by atoms with Crippen molar-refractivity contribution in [2.45, 2.75) is 231 Å². The van der Waals surface area contributed by atoms with E-state index in [0.29, 0.717) is 23.9 Å². The van der Waals surface area contributed by atoms with Gasteiger partial charge in [-0.15, -0.1) is 0 Å². The van der Waals surface area contributed by atoms with Crippen molar-refractivity contribution in [1.29, 1.82) is 0 Å². The molecule has 0 saturated heterocycles. The van der Waals surface area contributed by atoms with Crippen LogP contribution in [0.15, 0.2) is 158 Å². The highest BCUT2D eigenvalue weighted by Gasteiger charge is 2.23. The number of likely N-dealkylation sites (N-methyl/N-ethyl adjacent to an activating group) is 1. The number of allylic oxidation sites excluding steroid dienone is 25. The van der Waals surface area contributed by atoms with Crippen LogP contribution < -0.4 is 10.2 Å². The molecule has 0 aliphatic heterocycles. The van der Waals surface area contributed by atoms with Crippen LogP contribution in [0.25, 0.3) is 0 Å². The summed E-state index contributed by atoms with van der Waals surface area (Å²) in [5.74, 6) is -0.242. The summed E-state index contributed by atoms with van der Waals surface area (Å²) in [6.07, 6.45) is 90.4. The Kier molecular flexibility index (Phi) is 54.9. The fraction of sp³-hybridized carbons (Fsp3) is 0.609. The SMILES string of the molecule is CC/C=C\C/C=C\C/C=C\C/C=C\C/C=C\C/C=C\C/C=C\C/C=C\C/C=C\C/C=C\CCCCCCC(=O)NC(COP(=O)([O-])OCC[N+](C)(C)C)C(O)/C=C/CC/C=C/CC/C=C/CCCCCCCCCCCCC. The Hall–Kier alpha value is -3.88. The monoisotopic (exact) mass is 1100 g/mol. The number of carbonyl (C=O) groups excluding carboxylic acids is 1. The van der Waals surface area contributed by atoms with Gasteiger partial charge in [-0.25, -0.2) is 0 Å². The normalized spacial score (nSPS) is 14.9. The highest BCUT2D eigenvalue weighted by Crippen LogP contribution is 2.38. The molecule has 8 nitrogen and oxygen atoms in total. The fourth-order valence-electron chi connectivity index (χ4n) is 7.92. The molecule has 3 atom stereocenters. The van der Waals surface area contributed by atoms with Gasteiger partial charge >= 0.3 is 0 Å². The highest BCUT2D eigenvalue weighted by molar-refractivity contribution is 7.45. The summed E-state index contributed by atoms with van der Waals surface area (Å²) >= 11 is 0. The first kappa shape index (κ1) is 74.1. The molecular weight excluding hydrogens is 984 g/mol. The number of rotatable bonds is 54. The number of nitrogens with one attached hydrogen (secondary N) is 1. The minimum Gasteiger partial charge on any atom is -0.756 e. The Morgan fingerprint density at radius 2 is 0.795 bits per heavy atom. The predicted octanol–water partition coefficient (Wildman–Crippen LogP) is 18.8. The Bertz CT molecular complexity index is 1820. The van der Waals surface area contributed by atoms with E-state index in [4.69, 9.17) is 9.05 Å². The van der Waals surface area contributed by atoms with Crippen LogP contribution in [-0.4, -0.2) is 68.5 Å². The number of aliphatic hydroxyl groups is 1. The van der Waals surface area contributed by atoms with E-state index in [1.54, 1.807) is 6.08 Å². The van der Waals surface area contributed by atoms with Crippen molar-refractivity contribution in [3.05, 3.63) is 158 Å². The van der Waals surface area contributed by atoms with Crippen LogP contribution in [0.3, 0.4) is 0 Å². The molecule has 0 aromatic rings. The zero-order valence-electron chi connectivity index (χ0n) is 50.3. The minimum atomic E-state index is -4.63. The molecule has 0 heterocycles. The van der Waals surface area contributed by atoms with Crippen molar-refractivity contribution in [3.8, 4) is 0 Å². The number of quaternary nitrogens is 1. The fourth-order valence-corrected chi connectivity index (χ4v) is 8.64. The van der Waals surface area contributed by atoms with E-state index in [9.17, 15) is 19.4 Å². The van der Waals surface area contributed by atoms with E-state index in [0.717, 1.165) is 109 Å². The van der Waals surface area contributed by atoms with Crippen LogP contribution in [0.1, 0.15) is 219 Å². The molecule has 0 rings (SSSR count). The first-order valence-electron chi connectivity index (χ1n) is 30.8.